The highest BCUT2D eigenvalue weighted by atomic mass is 19.1. The topological polar surface area (TPSA) is 49.8 Å². The van der Waals surface area contributed by atoms with Crippen molar-refractivity contribution in [3.63, 3.8) is 0 Å². The number of piperidine rings is 1. The van der Waals surface area contributed by atoms with Gasteiger partial charge in [0, 0.05) is 13.7 Å². The standard InChI is InChI=1S/C10H18FNO3/c1-7(6-13)10(14)12-4-3-9(15-2)8(11)5-12/h7-9,13H,3-6H2,1-2H3/t7-,8+,9-/m0/s1. The zero-order chi connectivity index (χ0) is 11.4. The molecule has 0 unspecified atom stereocenters. The van der Waals surface area contributed by atoms with Gasteiger partial charge in [-0.05, 0) is 6.42 Å². The van der Waals surface area contributed by atoms with Gasteiger partial charge in [0.25, 0.3) is 0 Å². The van der Waals surface area contributed by atoms with Gasteiger partial charge in [-0.2, -0.15) is 0 Å². The number of aliphatic hydroxyl groups is 1. The summed E-state index contributed by atoms with van der Waals surface area (Å²) in [5.41, 5.74) is 0. The van der Waals surface area contributed by atoms with E-state index in [-0.39, 0.29) is 19.1 Å². The smallest absolute Gasteiger partial charge is 0.227 e. The van der Waals surface area contributed by atoms with Crippen LogP contribution in [0.5, 0.6) is 0 Å². The lowest BCUT2D eigenvalue weighted by Crippen LogP contribution is -2.49. The average molecular weight is 219 g/mol. The lowest BCUT2D eigenvalue weighted by atomic mass is 10.0. The number of amides is 1. The van der Waals surface area contributed by atoms with E-state index in [4.69, 9.17) is 9.84 Å². The molecule has 0 aromatic carbocycles. The van der Waals surface area contributed by atoms with Gasteiger partial charge in [0.15, 0.2) is 0 Å². The van der Waals surface area contributed by atoms with E-state index in [1.807, 2.05) is 0 Å². The highest BCUT2D eigenvalue weighted by molar-refractivity contribution is 5.78. The number of carbonyl (C=O) groups excluding carboxylic acids is 1. The number of carbonyl (C=O) groups is 1. The molecule has 1 fully saturated rings. The van der Waals surface area contributed by atoms with Crippen LogP contribution in [0.1, 0.15) is 13.3 Å². The fraction of sp³-hybridized carbons (Fsp3) is 0.900. The summed E-state index contributed by atoms with van der Waals surface area (Å²) >= 11 is 0. The summed E-state index contributed by atoms with van der Waals surface area (Å²) in [4.78, 5) is 13.1. The zero-order valence-corrected chi connectivity index (χ0v) is 9.15. The summed E-state index contributed by atoms with van der Waals surface area (Å²) in [5.74, 6) is -0.633. The predicted molar refractivity (Wildman–Crippen MR) is 53.1 cm³/mol. The van der Waals surface area contributed by atoms with Gasteiger partial charge in [-0.25, -0.2) is 4.39 Å². The molecular formula is C10H18FNO3. The van der Waals surface area contributed by atoms with Crippen LogP contribution in [-0.4, -0.2) is 55.0 Å². The number of hydrogen-bond acceptors (Lipinski definition) is 3. The Hall–Kier alpha value is -0.680. The number of rotatable bonds is 3. The van der Waals surface area contributed by atoms with Crippen molar-refractivity contribution in [2.75, 3.05) is 26.8 Å². The fourth-order valence-electron chi connectivity index (χ4n) is 1.74. The van der Waals surface area contributed by atoms with E-state index in [1.165, 1.54) is 12.0 Å². The molecule has 1 aliphatic rings. The molecule has 15 heavy (non-hydrogen) atoms. The molecule has 1 amide bonds. The molecule has 0 aromatic heterocycles. The van der Waals surface area contributed by atoms with Crippen molar-refractivity contribution < 1.29 is 19.0 Å². The second-order valence-electron chi connectivity index (χ2n) is 3.95. The molecule has 88 valence electrons. The van der Waals surface area contributed by atoms with Crippen molar-refractivity contribution in [2.45, 2.75) is 25.6 Å². The number of hydrogen-bond donors (Lipinski definition) is 1. The maximum Gasteiger partial charge on any atom is 0.227 e. The highest BCUT2D eigenvalue weighted by Crippen LogP contribution is 2.18. The van der Waals surface area contributed by atoms with Crippen molar-refractivity contribution in [2.24, 2.45) is 5.92 Å². The molecule has 5 heteroatoms. The molecule has 0 bridgehead atoms. The monoisotopic (exact) mass is 219 g/mol. The second-order valence-corrected chi connectivity index (χ2v) is 3.95. The van der Waals surface area contributed by atoms with E-state index in [0.717, 1.165) is 0 Å². The van der Waals surface area contributed by atoms with E-state index >= 15 is 0 Å². The largest absolute Gasteiger partial charge is 0.396 e. The second kappa shape index (κ2) is 5.42. The first-order chi connectivity index (χ1) is 7.10. The van der Waals surface area contributed by atoms with Crippen LogP contribution < -0.4 is 0 Å². The molecule has 1 saturated heterocycles. The molecule has 1 heterocycles. The van der Waals surface area contributed by atoms with Gasteiger partial charge in [-0.1, -0.05) is 6.92 Å². The van der Waals surface area contributed by atoms with Crippen LogP contribution in [0.4, 0.5) is 4.39 Å². The Kier molecular flexibility index (Phi) is 4.47. The third-order valence-electron chi connectivity index (χ3n) is 2.79. The van der Waals surface area contributed by atoms with E-state index in [2.05, 4.69) is 0 Å². The highest BCUT2D eigenvalue weighted by Gasteiger charge is 2.32. The summed E-state index contributed by atoms with van der Waals surface area (Å²) < 4.78 is 18.4. The summed E-state index contributed by atoms with van der Waals surface area (Å²) in [6.45, 7) is 2.02. The van der Waals surface area contributed by atoms with Crippen molar-refractivity contribution in [3.05, 3.63) is 0 Å². The maximum atomic E-state index is 13.4. The van der Waals surface area contributed by atoms with Gasteiger partial charge in [-0.15, -0.1) is 0 Å². The molecule has 1 rings (SSSR count). The number of nitrogens with zero attached hydrogens (tertiary/aromatic N) is 1. The fourth-order valence-corrected chi connectivity index (χ4v) is 1.74. The molecular weight excluding hydrogens is 201 g/mol. The number of ether oxygens (including phenoxy) is 1. The zero-order valence-electron chi connectivity index (χ0n) is 9.15. The van der Waals surface area contributed by atoms with Gasteiger partial charge in [0.05, 0.1) is 25.2 Å². The molecule has 0 aliphatic carbocycles. The van der Waals surface area contributed by atoms with Crippen LogP contribution in [-0.2, 0) is 9.53 Å². The predicted octanol–water partition coefficient (Wildman–Crippen LogP) is 0.200. The molecule has 0 spiro atoms. The van der Waals surface area contributed by atoms with Crippen LogP contribution in [0, 0.1) is 5.92 Å². The maximum absolute atomic E-state index is 13.4. The lowest BCUT2D eigenvalue weighted by Gasteiger charge is -2.35. The van der Waals surface area contributed by atoms with Crippen LogP contribution in [0.2, 0.25) is 0 Å². The van der Waals surface area contributed by atoms with Gasteiger partial charge in [-0.3, -0.25) is 4.79 Å². The van der Waals surface area contributed by atoms with Crippen LogP contribution in [0.15, 0.2) is 0 Å². The Morgan fingerprint density at radius 3 is 2.87 bits per heavy atom. The first kappa shape index (κ1) is 12.4. The average Bonchev–Trinajstić information content (AvgIpc) is 2.26. The van der Waals surface area contributed by atoms with Crippen molar-refractivity contribution >= 4 is 5.91 Å². The van der Waals surface area contributed by atoms with Crippen LogP contribution in [0.3, 0.4) is 0 Å². The summed E-state index contributed by atoms with van der Waals surface area (Å²) in [7, 11) is 1.48. The molecule has 1 N–H and O–H groups in total. The van der Waals surface area contributed by atoms with E-state index in [1.54, 1.807) is 6.92 Å². The number of methoxy groups -OCH3 is 1. The van der Waals surface area contributed by atoms with Gasteiger partial charge in [0.2, 0.25) is 5.91 Å². The van der Waals surface area contributed by atoms with Crippen molar-refractivity contribution in [1.82, 2.24) is 4.90 Å². The van der Waals surface area contributed by atoms with Crippen LogP contribution in [0.25, 0.3) is 0 Å². The summed E-state index contributed by atoms with van der Waals surface area (Å²) in [6, 6.07) is 0. The SMILES string of the molecule is CO[C@H]1CCN(C(=O)[C@@H](C)CO)C[C@H]1F. The molecule has 3 atom stereocenters. The third kappa shape index (κ3) is 2.89. The Balaban J connectivity index is 2.50. The Bertz CT molecular complexity index is 225. The molecule has 0 radical (unpaired) electrons. The number of halogens is 1. The lowest BCUT2D eigenvalue weighted by molar-refractivity contribution is -0.141. The van der Waals surface area contributed by atoms with Crippen LogP contribution >= 0.6 is 0 Å². The normalized spacial score (nSPS) is 28.9. The molecule has 0 saturated carbocycles. The third-order valence-corrected chi connectivity index (χ3v) is 2.79. The molecule has 4 nitrogen and oxygen atoms in total. The van der Waals surface area contributed by atoms with Gasteiger partial charge < -0.3 is 14.7 Å². The Morgan fingerprint density at radius 1 is 1.73 bits per heavy atom. The quantitative estimate of drug-likeness (QED) is 0.737. The van der Waals surface area contributed by atoms with E-state index < -0.39 is 18.2 Å². The van der Waals surface area contributed by atoms with E-state index in [0.29, 0.717) is 13.0 Å². The number of likely N-dealkylation sites (tertiary alicyclic amines) is 1. The summed E-state index contributed by atoms with van der Waals surface area (Å²) in [5, 5.41) is 8.83. The molecule has 0 aromatic rings. The molecule has 1 aliphatic heterocycles. The Morgan fingerprint density at radius 2 is 2.40 bits per heavy atom. The summed E-state index contributed by atoms with van der Waals surface area (Å²) in [6.07, 6.45) is -1.02. The minimum atomic E-state index is -1.13. The van der Waals surface area contributed by atoms with Crippen molar-refractivity contribution in [3.8, 4) is 0 Å². The van der Waals surface area contributed by atoms with E-state index in [9.17, 15) is 9.18 Å². The minimum Gasteiger partial charge on any atom is -0.396 e. The first-order valence-electron chi connectivity index (χ1n) is 5.16. The number of aliphatic hydroxyl groups excluding tert-OH is 1. The first-order valence-corrected chi connectivity index (χ1v) is 5.16. The van der Waals surface area contributed by atoms with Gasteiger partial charge in [0.1, 0.15) is 6.17 Å². The Labute approximate surface area is 89.0 Å². The number of alkyl halides is 1. The van der Waals surface area contributed by atoms with Crippen molar-refractivity contribution in [1.29, 1.82) is 0 Å². The van der Waals surface area contributed by atoms with Gasteiger partial charge >= 0.3 is 0 Å². The minimum absolute atomic E-state index is 0.0711.